The second-order valence-corrected chi connectivity index (χ2v) is 10.9. The first kappa shape index (κ1) is 23.8. The van der Waals surface area contributed by atoms with Crippen molar-refractivity contribution in [1.82, 2.24) is 18.5 Å². The summed E-state index contributed by atoms with van der Waals surface area (Å²) in [7, 11) is 0. The average molecular weight is 551 g/mol. The summed E-state index contributed by atoms with van der Waals surface area (Å²) < 4.78 is 6.98. The number of para-hydroxylation sites is 4. The van der Waals surface area contributed by atoms with E-state index in [0.717, 1.165) is 33.8 Å². The number of pyridine rings is 1. The van der Waals surface area contributed by atoms with E-state index in [0.29, 0.717) is 0 Å². The standard InChI is InChI=1S/C39H26N4/c1-3-13-27(14-4-1)36-35-21-11-12-26-41(35)39-37(36)31-17-7-9-19-33(31)43(39)30-24-22-28(23-25-30)38-40-32-18-8-10-20-34(32)42(38)29-15-5-2-6-16-29/h1-26H. The zero-order chi connectivity index (χ0) is 28.3. The van der Waals surface area contributed by atoms with Crippen molar-refractivity contribution in [1.29, 1.82) is 0 Å². The third kappa shape index (κ3) is 3.53. The van der Waals surface area contributed by atoms with Gasteiger partial charge in [0.15, 0.2) is 0 Å². The van der Waals surface area contributed by atoms with Crippen molar-refractivity contribution >= 4 is 38.5 Å². The minimum absolute atomic E-state index is 0.931. The predicted octanol–water partition coefficient (Wildman–Crippen LogP) is 9.71. The molecular weight excluding hydrogens is 524 g/mol. The van der Waals surface area contributed by atoms with Crippen LogP contribution in [0.15, 0.2) is 158 Å². The number of benzene rings is 5. The van der Waals surface area contributed by atoms with Crippen LogP contribution in [0.4, 0.5) is 0 Å². The van der Waals surface area contributed by atoms with Crippen LogP contribution in [-0.4, -0.2) is 18.5 Å². The maximum Gasteiger partial charge on any atom is 0.145 e. The van der Waals surface area contributed by atoms with E-state index >= 15 is 0 Å². The van der Waals surface area contributed by atoms with Crippen molar-refractivity contribution in [3.63, 3.8) is 0 Å². The van der Waals surface area contributed by atoms with Gasteiger partial charge in [-0.2, -0.15) is 0 Å². The second kappa shape index (κ2) is 9.33. The van der Waals surface area contributed by atoms with Crippen molar-refractivity contribution in [2.75, 3.05) is 0 Å². The Morgan fingerprint density at radius 1 is 0.442 bits per heavy atom. The van der Waals surface area contributed by atoms with Crippen LogP contribution < -0.4 is 0 Å². The molecule has 0 aliphatic heterocycles. The largest absolute Gasteiger partial charge is 0.302 e. The number of hydrogen-bond donors (Lipinski definition) is 0. The molecule has 4 heteroatoms. The number of rotatable bonds is 4. The molecule has 0 atom stereocenters. The highest BCUT2D eigenvalue weighted by molar-refractivity contribution is 6.19. The minimum Gasteiger partial charge on any atom is -0.302 e. The van der Waals surface area contributed by atoms with E-state index in [-0.39, 0.29) is 0 Å². The van der Waals surface area contributed by atoms with Gasteiger partial charge in [0, 0.05) is 39.5 Å². The van der Waals surface area contributed by atoms with Gasteiger partial charge in [-0.1, -0.05) is 84.9 Å². The lowest BCUT2D eigenvalue weighted by Gasteiger charge is -2.12. The van der Waals surface area contributed by atoms with Gasteiger partial charge in [0.2, 0.25) is 0 Å². The Morgan fingerprint density at radius 3 is 1.88 bits per heavy atom. The fourth-order valence-corrected chi connectivity index (χ4v) is 6.64. The molecule has 4 aromatic heterocycles. The molecule has 0 saturated carbocycles. The molecule has 0 fully saturated rings. The maximum absolute atomic E-state index is 5.08. The van der Waals surface area contributed by atoms with E-state index in [1.54, 1.807) is 0 Å². The van der Waals surface area contributed by atoms with Crippen molar-refractivity contribution in [3.05, 3.63) is 158 Å². The number of imidazole rings is 1. The molecule has 5 aromatic carbocycles. The molecule has 0 aliphatic carbocycles. The lowest BCUT2D eigenvalue weighted by molar-refractivity contribution is 1.09. The van der Waals surface area contributed by atoms with Gasteiger partial charge < -0.3 is 4.40 Å². The third-order valence-corrected chi connectivity index (χ3v) is 8.47. The SMILES string of the molecule is c1ccc(-c2c3c4ccccc4n(-c4ccc(-c5nc6ccccc6n5-c5ccccc5)cc4)c3n3ccccc23)cc1. The van der Waals surface area contributed by atoms with Crippen LogP contribution >= 0.6 is 0 Å². The molecule has 0 N–H and O–H groups in total. The van der Waals surface area contributed by atoms with Crippen LogP contribution in [0, 0.1) is 0 Å². The van der Waals surface area contributed by atoms with Gasteiger partial charge in [-0.05, 0) is 72.3 Å². The molecule has 0 bridgehead atoms. The summed E-state index contributed by atoms with van der Waals surface area (Å²) in [5, 5.41) is 2.51. The molecule has 0 spiro atoms. The van der Waals surface area contributed by atoms with E-state index in [1.165, 1.54) is 38.6 Å². The monoisotopic (exact) mass is 550 g/mol. The Labute approximate surface area is 248 Å². The van der Waals surface area contributed by atoms with Gasteiger partial charge in [-0.25, -0.2) is 4.98 Å². The van der Waals surface area contributed by atoms with Gasteiger partial charge in [0.25, 0.3) is 0 Å². The zero-order valence-electron chi connectivity index (χ0n) is 23.3. The number of aromatic nitrogens is 4. The third-order valence-electron chi connectivity index (χ3n) is 8.47. The normalized spacial score (nSPS) is 11.7. The first-order valence-corrected chi connectivity index (χ1v) is 14.6. The number of fused-ring (bicyclic) bond motifs is 6. The van der Waals surface area contributed by atoms with Gasteiger partial charge >= 0.3 is 0 Å². The minimum atomic E-state index is 0.931. The molecule has 43 heavy (non-hydrogen) atoms. The molecule has 0 amide bonds. The highest BCUT2D eigenvalue weighted by atomic mass is 15.1. The summed E-state index contributed by atoms with van der Waals surface area (Å²) in [6.45, 7) is 0. The topological polar surface area (TPSA) is 27.2 Å². The highest BCUT2D eigenvalue weighted by Gasteiger charge is 2.22. The molecule has 9 rings (SSSR count). The van der Waals surface area contributed by atoms with Crippen LogP contribution in [0.1, 0.15) is 0 Å². The molecule has 4 nitrogen and oxygen atoms in total. The zero-order valence-corrected chi connectivity index (χ0v) is 23.3. The maximum atomic E-state index is 5.08. The summed E-state index contributed by atoms with van der Waals surface area (Å²) in [5.41, 5.74) is 11.4. The Balaban J connectivity index is 1.29. The Hall–Kier alpha value is -5.87. The quantitative estimate of drug-likeness (QED) is 0.214. The van der Waals surface area contributed by atoms with Crippen molar-refractivity contribution in [2.45, 2.75) is 0 Å². The van der Waals surface area contributed by atoms with E-state index in [9.17, 15) is 0 Å². The summed E-state index contributed by atoms with van der Waals surface area (Å²) in [6.07, 6.45) is 2.18. The summed E-state index contributed by atoms with van der Waals surface area (Å²) in [6, 6.07) is 53.6. The molecule has 0 unspecified atom stereocenters. The molecular formula is C39H26N4. The average Bonchev–Trinajstić information content (AvgIpc) is 3.74. The highest BCUT2D eigenvalue weighted by Crippen LogP contribution is 2.42. The van der Waals surface area contributed by atoms with Crippen LogP contribution in [0.2, 0.25) is 0 Å². The Bertz CT molecular complexity index is 2420. The van der Waals surface area contributed by atoms with Crippen molar-refractivity contribution in [3.8, 4) is 33.9 Å². The predicted molar refractivity (Wildman–Crippen MR) is 177 cm³/mol. The smallest absolute Gasteiger partial charge is 0.145 e. The molecule has 0 radical (unpaired) electrons. The lowest BCUT2D eigenvalue weighted by atomic mass is 10.0. The van der Waals surface area contributed by atoms with Crippen LogP contribution in [0.5, 0.6) is 0 Å². The fourth-order valence-electron chi connectivity index (χ4n) is 6.64. The van der Waals surface area contributed by atoms with Crippen molar-refractivity contribution < 1.29 is 0 Å². The Kier molecular flexibility index (Phi) is 5.16. The van der Waals surface area contributed by atoms with E-state index in [4.69, 9.17) is 4.98 Å². The van der Waals surface area contributed by atoms with Gasteiger partial charge in [0.1, 0.15) is 11.5 Å². The van der Waals surface area contributed by atoms with Gasteiger partial charge in [0.05, 0.1) is 22.1 Å². The van der Waals surface area contributed by atoms with Gasteiger partial charge in [-0.3, -0.25) is 9.13 Å². The second-order valence-electron chi connectivity index (χ2n) is 10.9. The number of hydrogen-bond acceptors (Lipinski definition) is 1. The molecule has 202 valence electrons. The fraction of sp³-hybridized carbons (Fsp3) is 0. The molecule has 9 aromatic rings. The van der Waals surface area contributed by atoms with Crippen molar-refractivity contribution in [2.24, 2.45) is 0 Å². The summed E-state index contributed by atoms with van der Waals surface area (Å²) >= 11 is 0. The van der Waals surface area contributed by atoms with E-state index in [1.807, 2.05) is 12.1 Å². The molecule has 0 saturated heterocycles. The molecule has 0 aliphatic rings. The first-order valence-electron chi connectivity index (χ1n) is 14.6. The lowest BCUT2D eigenvalue weighted by Crippen LogP contribution is -1.99. The summed E-state index contributed by atoms with van der Waals surface area (Å²) in [5.74, 6) is 0.931. The summed E-state index contributed by atoms with van der Waals surface area (Å²) in [4.78, 5) is 5.08. The Morgan fingerprint density at radius 2 is 1.07 bits per heavy atom. The van der Waals surface area contributed by atoms with Gasteiger partial charge in [-0.15, -0.1) is 0 Å². The van der Waals surface area contributed by atoms with Crippen LogP contribution in [-0.2, 0) is 0 Å². The molecule has 4 heterocycles. The van der Waals surface area contributed by atoms with Crippen LogP contribution in [0.25, 0.3) is 72.4 Å². The first-order chi connectivity index (χ1) is 21.4. The van der Waals surface area contributed by atoms with Crippen LogP contribution in [0.3, 0.4) is 0 Å². The van der Waals surface area contributed by atoms with E-state index in [2.05, 4.69) is 159 Å². The van der Waals surface area contributed by atoms with E-state index < -0.39 is 0 Å². The number of nitrogens with zero attached hydrogens (tertiary/aromatic N) is 4.